The molecule has 0 saturated carbocycles. The zero-order valence-electron chi connectivity index (χ0n) is 15.7. The molecular weight excluding hydrogens is 248 g/mol. The molecule has 0 spiro atoms. The van der Waals surface area contributed by atoms with E-state index in [0.717, 1.165) is 19.3 Å². The van der Waals surface area contributed by atoms with Gasteiger partial charge in [0.05, 0.1) is 0 Å². The normalized spacial score (nSPS) is 10.7. The fourth-order valence-corrected chi connectivity index (χ4v) is 2.69. The second-order valence-corrected chi connectivity index (χ2v) is 5.10. The van der Waals surface area contributed by atoms with Gasteiger partial charge in [0.2, 0.25) is 5.91 Å². The number of hydrogen-bond acceptors (Lipinski definition) is 2. The standard InChI is InChI=1S/C13H28N2O.2C2H6/c1-7-13(8-2,15-6)12(3,4)10-9-11(16)14-5;2*1-2/h15H,7-10H2,1-6H3,(H,14,16);2*1-2H3. The van der Waals surface area contributed by atoms with Crippen molar-refractivity contribution in [2.75, 3.05) is 14.1 Å². The van der Waals surface area contributed by atoms with Crippen LogP contribution in [-0.2, 0) is 4.79 Å². The first-order valence-corrected chi connectivity index (χ1v) is 8.28. The Morgan fingerprint density at radius 3 is 1.60 bits per heavy atom. The summed E-state index contributed by atoms with van der Waals surface area (Å²) in [5, 5.41) is 6.15. The van der Waals surface area contributed by atoms with Gasteiger partial charge >= 0.3 is 0 Å². The lowest BCUT2D eigenvalue weighted by molar-refractivity contribution is -0.121. The van der Waals surface area contributed by atoms with E-state index < -0.39 is 0 Å². The van der Waals surface area contributed by atoms with E-state index in [1.54, 1.807) is 7.05 Å². The quantitative estimate of drug-likeness (QED) is 0.730. The van der Waals surface area contributed by atoms with Crippen molar-refractivity contribution in [1.29, 1.82) is 0 Å². The third-order valence-corrected chi connectivity index (χ3v) is 4.24. The number of amides is 1. The van der Waals surface area contributed by atoms with E-state index in [0.29, 0.717) is 6.42 Å². The first-order chi connectivity index (χ1) is 9.39. The van der Waals surface area contributed by atoms with Crippen LogP contribution in [0.5, 0.6) is 0 Å². The maximum Gasteiger partial charge on any atom is 0.219 e. The minimum atomic E-state index is 0.123. The predicted octanol–water partition coefficient (Wildman–Crippen LogP) is 4.37. The number of carbonyl (C=O) groups is 1. The second kappa shape index (κ2) is 13.4. The molecule has 0 saturated heterocycles. The molecule has 0 aromatic carbocycles. The number of rotatable bonds is 7. The van der Waals surface area contributed by atoms with Gasteiger partial charge in [0.1, 0.15) is 0 Å². The third kappa shape index (κ3) is 7.28. The lowest BCUT2D eigenvalue weighted by Gasteiger charge is -2.46. The molecule has 0 aliphatic heterocycles. The molecule has 0 unspecified atom stereocenters. The molecule has 0 aromatic heterocycles. The topological polar surface area (TPSA) is 41.1 Å². The molecule has 3 nitrogen and oxygen atoms in total. The van der Waals surface area contributed by atoms with Crippen molar-refractivity contribution >= 4 is 5.91 Å². The average molecular weight is 289 g/mol. The van der Waals surface area contributed by atoms with E-state index in [9.17, 15) is 4.79 Å². The molecule has 124 valence electrons. The van der Waals surface area contributed by atoms with Crippen LogP contribution < -0.4 is 10.6 Å². The minimum absolute atomic E-state index is 0.123. The van der Waals surface area contributed by atoms with Crippen molar-refractivity contribution in [2.24, 2.45) is 5.41 Å². The van der Waals surface area contributed by atoms with Crippen LogP contribution in [0.1, 0.15) is 81.1 Å². The van der Waals surface area contributed by atoms with Crippen LogP contribution >= 0.6 is 0 Å². The molecule has 0 atom stereocenters. The zero-order valence-corrected chi connectivity index (χ0v) is 15.7. The summed E-state index contributed by atoms with van der Waals surface area (Å²) in [7, 11) is 3.72. The van der Waals surface area contributed by atoms with Gasteiger partial charge in [-0.15, -0.1) is 0 Å². The number of carbonyl (C=O) groups excluding carboxylic acids is 1. The lowest BCUT2D eigenvalue weighted by atomic mass is 9.66. The Hall–Kier alpha value is -0.570. The second-order valence-electron chi connectivity index (χ2n) is 5.10. The van der Waals surface area contributed by atoms with Crippen molar-refractivity contribution in [3.05, 3.63) is 0 Å². The molecule has 0 heterocycles. The molecule has 2 N–H and O–H groups in total. The van der Waals surface area contributed by atoms with Gasteiger partial charge in [0.25, 0.3) is 0 Å². The van der Waals surface area contributed by atoms with Crippen molar-refractivity contribution < 1.29 is 4.79 Å². The van der Waals surface area contributed by atoms with Gasteiger partial charge in [-0.1, -0.05) is 55.4 Å². The highest BCUT2D eigenvalue weighted by Gasteiger charge is 2.40. The van der Waals surface area contributed by atoms with Crippen LogP contribution in [0.25, 0.3) is 0 Å². The van der Waals surface area contributed by atoms with Gasteiger partial charge in [0.15, 0.2) is 0 Å². The predicted molar refractivity (Wildman–Crippen MR) is 92.2 cm³/mol. The third-order valence-electron chi connectivity index (χ3n) is 4.24. The van der Waals surface area contributed by atoms with E-state index in [2.05, 4.69) is 38.3 Å². The maximum absolute atomic E-state index is 11.3. The van der Waals surface area contributed by atoms with Gasteiger partial charge in [0, 0.05) is 19.0 Å². The average Bonchev–Trinajstić information content (AvgIpc) is 2.51. The summed E-state index contributed by atoms with van der Waals surface area (Å²) in [4.78, 5) is 11.3. The molecular formula is C17H40N2O. The molecule has 0 aromatic rings. The molecule has 1 amide bonds. The maximum atomic E-state index is 11.3. The summed E-state index contributed by atoms with van der Waals surface area (Å²) in [6.45, 7) is 16.9. The Morgan fingerprint density at radius 2 is 1.35 bits per heavy atom. The molecule has 3 heteroatoms. The molecule has 0 aliphatic carbocycles. The Labute approximate surface area is 128 Å². The van der Waals surface area contributed by atoms with Gasteiger partial charge in [-0.2, -0.15) is 0 Å². The fraction of sp³-hybridized carbons (Fsp3) is 0.941. The first-order valence-electron chi connectivity index (χ1n) is 8.28. The Balaban J connectivity index is -0.000000656. The van der Waals surface area contributed by atoms with Crippen molar-refractivity contribution in [3.8, 4) is 0 Å². The van der Waals surface area contributed by atoms with Crippen LogP contribution in [-0.4, -0.2) is 25.5 Å². The smallest absolute Gasteiger partial charge is 0.219 e. The molecule has 20 heavy (non-hydrogen) atoms. The van der Waals surface area contributed by atoms with Crippen molar-refractivity contribution in [2.45, 2.75) is 86.6 Å². The van der Waals surface area contributed by atoms with Crippen LogP contribution in [0, 0.1) is 5.41 Å². The number of hydrogen-bond donors (Lipinski definition) is 2. The molecule has 0 radical (unpaired) electrons. The largest absolute Gasteiger partial charge is 0.359 e. The van der Waals surface area contributed by atoms with Crippen LogP contribution in [0.2, 0.25) is 0 Å². The monoisotopic (exact) mass is 288 g/mol. The van der Waals surface area contributed by atoms with Crippen LogP contribution in [0.4, 0.5) is 0 Å². The van der Waals surface area contributed by atoms with Crippen molar-refractivity contribution in [1.82, 2.24) is 10.6 Å². The summed E-state index contributed by atoms with van der Waals surface area (Å²) >= 11 is 0. The fourth-order valence-electron chi connectivity index (χ4n) is 2.69. The highest BCUT2D eigenvalue weighted by Crippen LogP contribution is 2.39. The Bertz CT molecular complexity index is 213. The summed E-state index contributed by atoms with van der Waals surface area (Å²) in [5.74, 6) is 0.130. The highest BCUT2D eigenvalue weighted by molar-refractivity contribution is 5.75. The molecule has 0 rings (SSSR count). The van der Waals surface area contributed by atoms with Gasteiger partial charge < -0.3 is 10.6 Å². The molecule has 0 bridgehead atoms. The molecule has 0 fully saturated rings. The SMILES string of the molecule is CC.CC.CCC(CC)(NC)C(C)(C)CCC(=O)NC. The summed E-state index contributed by atoms with van der Waals surface area (Å²) < 4.78 is 0. The van der Waals surface area contributed by atoms with E-state index in [1.807, 2.05) is 34.7 Å². The van der Waals surface area contributed by atoms with E-state index in [1.165, 1.54) is 0 Å². The first kappa shape index (κ1) is 24.4. The lowest BCUT2D eigenvalue weighted by Crippen LogP contribution is -2.54. The minimum Gasteiger partial charge on any atom is -0.359 e. The van der Waals surface area contributed by atoms with Crippen LogP contribution in [0.3, 0.4) is 0 Å². The van der Waals surface area contributed by atoms with Crippen LogP contribution in [0.15, 0.2) is 0 Å². The Morgan fingerprint density at radius 1 is 0.950 bits per heavy atom. The van der Waals surface area contributed by atoms with E-state index in [4.69, 9.17) is 0 Å². The van der Waals surface area contributed by atoms with Gasteiger partial charge in [-0.25, -0.2) is 0 Å². The molecule has 0 aliphatic rings. The van der Waals surface area contributed by atoms with E-state index >= 15 is 0 Å². The number of nitrogens with one attached hydrogen (secondary N) is 2. The van der Waals surface area contributed by atoms with E-state index in [-0.39, 0.29) is 16.9 Å². The van der Waals surface area contributed by atoms with Gasteiger partial charge in [-0.05, 0) is 31.7 Å². The van der Waals surface area contributed by atoms with Crippen molar-refractivity contribution in [3.63, 3.8) is 0 Å². The van der Waals surface area contributed by atoms with Gasteiger partial charge in [-0.3, -0.25) is 4.79 Å². The summed E-state index contributed by atoms with van der Waals surface area (Å²) in [6, 6.07) is 0. The summed E-state index contributed by atoms with van der Waals surface area (Å²) in [6.07, 6.45) is 3.68. The Kier molecular flexibility index (Phi) is 16.4. The zero-order chi connectivity index (χ0) is 16.8. The summed E-state index contributed by atoms with van der Waals surface area (Å²) in [5.41, 5.74) is 0.249. The highest BCUT2D eigenvalue weighted by atomic mass is 16.1.